The molecule has 0 fully saturated rings. The van der Waals surface area contributed by atoms with E-state index in [1.54, 1.807) is 7.11 Å². The van der Waals surface area contributed by atoms with Gasteiger partial charge in [0.15, 0.2) is 5.13 Å². The maximum Gasteiger partial charge on any atom is 0.260 e. The second kappa shape index (κ2) is 8.81. The molecule has 0 aliphatic heterocycles. The Labute approximate surface area is 180 Å². The van der Waals surface area contributed by atoms with E-state index >= 15 is 0 Å². The van der Waals surface area contributed by atoms with Gasteiger partial charge in [-0.1, -0.05) is 47.7 Å². The zero-order valence-corrected chi connectivity index (χ0v) is 18.3. The fourth-order valence-corrected chi connectivity index (χ4v) is 4.49. The lowest BCUT2D eigenvalue weighted by Crippen LogP contribution is -2.33. The second-order valence-corrected chi connectivity index (χ2v) is 8.48. The van der Waals surface area contributed by atoms with Gasteiger partial charge in [-0.15, -0.1) is 0 Å². The topological polar surface area (TPSA) is 45.7 Å². The molecule has 1 heterocycles. The van der Waals surface area contributed by atoms with Crippen molar-refractivity contribution in [2.24, 2.45) is 0 Å². The first kappa shape index (κ1) is 20.3. The molecule has 0 saturated heterocycles. The Kier molecular flexibility index (Phi) is 5.97. The average molecular weight is 420 g/mol. The molecule has 4 rings (SSSR count). The van der Waals surface area contributed by atoms with Gasteiger partial charge in [0.2, 0.25) is 0 Å². The van der Waals surface area contributed by atoms with Crippen LogP contribution in [0.15, 0.2) is 60.7 Å². The lowest BCUT2D eigenvalue weighted by atomic mass is 10.0. The van der Waals surface area contributed by atoms with Crippen molar-refractivity contribution in [1.82, 2.24) is 9.88 Å². The number of aromatic nitrogens is 1. The molecule has 0 spiro atoms. The molecule has 1 amide bonds. The van der Waals surface area contributed by atoms with E-state index in [1.165, 1.54) is 11.3 Å². The van der Waals surface area contributed by atoms with Crippen LogP contribution in [0.3, 0.4) is 0 Å². The van der Waals surface area contributed by atoms with Crippen molar-refractivity contribution >= 4 is 43.4 Å². The Morgan fingerprint density at radius 2 is 1.83 bits per heavy atom. The smallest absolute Gasteiger partial charge is 0.260 e. The molecule has 5 nitrogen and oxygen atoms in total. The van der Waals surface area contributed by atoms with Crippen LogP contribution in [-0.2, 0) is 0 Å². The largest absolute Gasteiger partial charge is 0.497 e. The first-order valence-electron chi connectivity index (χ1n) is 9.96. The minimum Gasteiger partial charge on any atom is -0.497 e. The zero-order chi connectivity index (χ0) is 21.1. The van der Waals surface area contributed by atoms with Gasteiger partial charge < -0.3 is 9.64 Å². The number of ether oxygens (including phenoxy) is 1. The number of carbonyl (C=O) groups is 1. The molecule has 0 unspecified atom stereocenters. The monoisotopic (exact) mass is 419 g/mol. The van der Waals surface area contributed by atoms with Crippen LogP contribution in [0.1, 0.15) is 16.8 Å². The highest BCUT2D eigenvalue weighted by Gasteiger charge is 2.22. The molecule has 0 N–H and O–H groups in total. The van der Waals surface area contributed by atoms with Crippen LogP contribution in [0.5, 0.6) is 5.75 Å². The van der Waals surface area contributed by atoms with Gasteiger partial charge >= 0.3 is 0 Å². The standard InChI is InChI=1S/C24H25N3O2S/c1-26(2)14-7-15-27(24-25-21-16-18(29-3)12-13-22(21)30-24)23(28)20-11-6-9-17-8-4-5-10-19(17)20/h4-6,8-13,16H,7,14-15H2,1-3H3. The quantitative estimate of drug-likeness (QED) is 0.420. The molecule has 0 aliphatic rings. The summed E-state index contributed by atoms with van der Waals surface area (Å²) in [6, 6.07) is 19.7. The molecule has 0 bridgehead atoms. The van der Waals surface area contributed by atoms with E-state index in [-0.39, 0.29) is 5.91 Å². The summed E-state index contributed by atoms with van der Waals surface area (Å²) in [4.78, 5) is 22.4. The first-order chi connectivity index (χ1) is 14.6. The SMILES string of the molecule is COc1ccc2sc(N(CCCN(C)C)C(=O)c3cccc4ccccc34)nc2c1. The summed E-state index contributed by atoms with van der Waals surface area (Å²) in [6.07, 6.45) is 0.864. The maximum absolute atomic E-state index is 13.7. The Balaban J connectivity index is 1.74. The number of anilines is 1. The number of methoxy groups -OCH3 is 1. The Morgan fingerprint density at radius 1 is 1.03 bits per heavy atom. The van der Waals surface area contributed by atoms with E-state index < -0.39 is 0 Å². The van der Waals surface area contributed by atoms with Crippen molar-refractivity contribution in [3.05, 3.63) is 66.2 Å². The summed E-state index contributed by atoms with van der Waals surface area (Å²) in [5.41, 5.74) is 1.55. The molecule has 3 aromatic carbocycles. The number of hydrogen-bond acceptors (Lipinski definition) is 5. The first-order valence-corrected chi connectivity index (χ1v) is 10.8. The van der Waals surface area contributed by atoms with Crippen molar-refractivity contribution in [3.63, 3.8) is 0 Å². The summed E-state index contributed by atoms with van der Waals surface area (Å²) >= 11 is 1.54. The van der Waals surface area contributed by atoms with Crippen LogP contribution in [0.2, 0.25) is 0 Å². The van der Waals surface area contributed by atoms with Crippen molar-refractivity contribution in [2.45, 2.75) is 6.42 Å². The summed E-state index contributed by atoms with van der Waals surface area (Å²) < 4.78 is 6.36. The molecule has 0 aliphatic carbocycles. The van der Waals surface area contributed by atoms with Crippen LogP contribution in [-0.4, -0.2) is 50.1 Å². The minimum absolute atomic E-state index is 0.0171. The van der Waals surface area contributed by atoms with Gasteiger partial charge in [-0.3, -0.25) is 9.69 Å². The van der Waals surface area contributed by atoms with E-state index in [9.17, 15) is 4.79 Å². The number of benzene rings is 3. The lowest BCUT2D eigenvalue weighted by molar-refractivity contribution is 0.0987. The van der Waals surface area contributed by atoms with Crippen LogP contribution in [0, 0.1) is 0 Å². The Hall–Kier alpha value is -2.96. The van der Waals surface area contributed by atoms with Crippen LogP contribution >= 0.6 is 11.3 Å². The fourth-order valence-electron chi connectivity index (χ4n) is 3.52. The molecule has 4 aromatic rings. The van der Waals surface area contributed by atoms with Crippen LogP contribution < -0.4 is 9.64 Å². The van der Waals surface area contributed by atoms with E-state index in [2.05, 4.69) is 4.90 Å². The normalized spacial score (nSPS) is 11.3. The van der Waals surface area contributed by atoms with Gasteiger partial charge in [0, 0.05) is 18.2 Å². The molecular formula is C24H25N3O2S. The summed E-state index contributed by atoms with van der Waals surface area (Å²) in [5.74, 6) is 0.746. The third-order valence-corrected chi connectivity index (χ3v) is 6.13. The highest BCUT2D eigenvalue weighted by molar-refractivity contribution is 7.22. The predicted molar refractivity (Wildman–Crippen MR) is 125 cm³/mol. The molecule has 30 heavy (non-hydrogen) atoms. The van der Waals surface area contributed by atoms with E-state index in [4.69, 9.17) is 9.72 Å². The maximum atomic E-state index is 13.7. The lowest BCUT2D eigenvalue weighted by Gasteiger charge is -2.21. The second-order valence-electron chi connectivity index (χ2n) is 7.47. The van der Waals surface area contributed by atoms with Gasteiger partial charge in [-0.2, -0.15) is 0 Å². The summed E-state index contributed by atoms with van der Waals surface area (Å²) in [7, 11) is 5.73. The molecule has 0 radical (unpaired) electrons. The third kappa shape index (κ3) is 4.15. The molecule has 1 aromatic heterocycles. The van der Waals surface area contributed by atoms with Crippen molar-refractivity contribution < 1.29 is 9.53 Å². The fraction of sp³-hybridized carbons (Fsp3) is 0.250. The average Bonchev–Trinajstić information content (AvgIpc) is 3.18. The van der Waals surface area contributed by atoms with E-state index in [1.807, 2.05) is 79.7 Å². The van der Waals surface area contributed by atoms with Crippen molar-refractivity contribution in [3.8, 4) is 5.75 Å². The van der Waals surface area contributed by atoms with Gasteiger partial charge in [0.1, 0.15) is 5.75 Å². The van der Waals surface area contributed by atoms with E-state index in [0.717, 1.165) is 44.8 Å². The van der Waals surface area contributed by atoms with Gasteiger partial charge in [0.25, 0.3) is 5.91 Å². The molecule has 154 valence electrons. The molecule has 0 atom stereocenters. The summed E-state index contributed by atoms with van der Waals surface area (Å²) in [5, 5.41) is 2.74. The number of nitrogens with zero attached hydrogens (tertiary/aromatic N) is 3. The van der Waals surface area contributed by atoms with Gasteiger partial charge in [-0.25, -0.2) is 4.98 Å². The summed E-state index contributed by atoms with van der Waals surface area (Å²) in [6.45, 7) is 1.51. The van der Waals surface area contributed by atoms with Crippen LogP contribution in [0.4, 0.5) is 5.13 Å². The minimum atomic E-state index is -0.0171. The number of carbonyl (C=O) groups excluding carboxylic acids is 1. The van der Waals surface area contributed by atoms with Crippen LogP contribution in [0.25, 0.3) is 21.0 Å². The van der Waals surface area contributed by atoms with E-state index in [0.29, 0.717) is 12.1 Å². The molecule has 0 saturated carbocycles. The van der Waals surface area contributed by atoms with Gasteiger partial charge in [0.05, 0.1) is 17.3 Å². The Bertz CT molecular complexity index is 1180. The zero-order valence-electron chi connectivity index (χ0n) is 17.5. The number of rotatable bonds is 7. The van der Waals surface area contributed by atoms with Gasteiger partial charge in [-0.05, 0) is 56.0 Å². The highest BCUT2D eigenvalue weighted by atomic mass is 32.1. The number of thiazole rings is 1. The predicted octanol–water partition coefficient (Wildman–Crippen LogP) is 5.06. The van der Waals surface area contributed by atoms with Crippen molar-refractivity contribution in [2.75, 3.05) is 39.2 Å². The third-order valence-electron chi connectivity index (χ3n) is 5.07. The number of hydrogen-bond donors (Lipinski definition) is 0. The highest BCUT2D eigenvalue weighted by Crippen LogP contribution is 2.32. The number of amides is 1. The molecule has 6 heteroatoms. The van der Waals surface area contributed by atoms with Crippen molar-refractivity contribution in [1.29, 1.82) is 0 Å². The number of fused-ring (bicyclic) bond motifs is 2. The molecular weight excluding hydrogens is 394 g/mol. The Morgan fingerprint density at radius 3 is 2.63 bits per heavy atom.